The second kappa shape index (κ2) is 6.49. The predicted octanol–water partition coefficient (Wildman–Crippen LogP) is 1.20. The molecule has 0 saturated carbocycles. The van der Waals surface area contributed by atoms with Gasteiger partial charge in [0, 0.05) is 25.7 Å². The first-order valence-corrected chi connectivity index (χ1v) is 7.42. The first-order chi connectivity index (χ1) is 8.36. The van der Waals surface area contributed by atoms with Gasteiger partial charge in [-0.3, -0.25) is 0 Å². The fourth-order valence-corrected chi connectivity index (χ4v) is 2.81. The number of hydrogen-bond acceptors (Lipinski definition) is 4. The van der Waals surface area contributed by atoms with E-state index in [1.165, 1.54) is 11.1 Å². The summed E-state index contributed by atoms with van der Waals surface area (Å²) < 4.78 is 23.8. The van der Waals surface area contributed by atoms with Crippen LogP contribution in [-0.2, 0) is 16.6 Å². The van der Waals surface area contributed by atoms with Crippen LogP contribution in [0.4, 0.5) is 0 Å². The molecule has 2 N–H and O–H groups in total. The zero-order valence-corrected chi connectivity index (χ0v) is 12.3. The second-order valence-corrected chi connectivity index (χ2v) is 6.09. The topological polar surface area (TPSA) is 61.4 Å². The Morgan fingerprint density at radius 1 is 1.33 bits per heavy atom. The summed E-state index contributed by atoms with van der Waals surface area (Å²) in [5.41, 5.74) is 0.877. The maximum Gasteiger partial charge on any atom is 0.253 e. The zero-order valence-electron chi connectivity index (χ0n) is 10.7. The molecule has 0 spiro atoms. The van der Waals surface area contributed by atoms with E-state index in [1.54, 1.807) is 26.2 Å². The van der Waals surface area contributed by atoms with Crippen molar-refractivity contribution < 1.29 is 8.42 Å². The van der Waals surface area contributed by atoms with Gasteiger partial charge in [-0.05, 0) is 24.2 Å². The number of hydrazine groups is 1. The van der Waals surface area contributed by atoms with Crippen LogP contribution in [0.2, 0.25) is 5.02 Å². The molecule has 0 aliphatic rings. The van der Waals surface area contributed by atoms with Crippen molar-refractivity contribution in [3.05, 3.63) is 28.8 Å². The maximum atomic E-state index is 11.9. The number of rotatable bonds is 6. The molecule has 1 rings (SSSR count). The van der Waals surface area contributed by atoms with E-state index in [-0.39, 0.29) is 4.90 Å². The molecule has 0 radical (unpaired) electrons. The molecule has 0 saturated heterocycles. The Labute approximate surface area is 113 Å². The Balaban J connectivity index is 2.97. The fourth-order valence-electron chi connectivity index (χ4n) is 1.39. The Kier molecular flexibility index (Phi) is 5.55. The molecule has 7 heteroatoms. The molecule has 102 valence electrons. The van der Waals surface area contributed by atoms with E-state index in [0.29, 0.717) is 11.6 Å². The highest BCUT2D eigenvalue weighted by molar-refractivity contribution is 7.89. The van der Waals surface area contributed by atoms with Crippen LogP contribution in [0.1, 0.15) is 12.5 Å². The van der Waals surface area contributed by atoms with Crippen LogP contribution in [0.3, 0.4) is 0 Å². The van der Waals surface area contributed by atoms with E-state index in [9.17, 15) is 8.42 Å². The number of benzene rings is 1. The van der Waals surface area contributed by atoms with Gasteiger partial charge in [-0.15, -0.1) is 4.83 Å². The molecule has 18 heavy (non-hydrogen) atoms. The lowest BCUT2D eigenvalue weighted by Crippen LogP contribution is -2.36. The summed E-state index contributed by atoms with van der Waals surface area (Å²) in [5, 5.41) is 4.95. The van der Waals surface area contributed by atoms with Gasteiger partial charge in [-0.2, -0.15) is 0 Å². The first kappa shape index (κ1) is 15.4. The highest BCUT2D eigenvalue weighted by Gasteiger charge is 2.16. The SMILES string of the molecule is CCNCc1ccc(S(=O)(=O)NN(C)C)cc1Cl. The molecule has 0 aliphatic heterocycles. The van der Waals surface area contributed by atoms with Gasteiger partial charge >= 0.3 is 0 Å². The predicted molar refractivity (Wildman–Crippen MR) is 72.8 cm³/mol. The summed E-state index contributed by atoms with van der Waals surface area (Å²) in [7, 11) is -0.329. The number of sulfonamides is 1. The maximum absolute atomic E-state index is 11.9. The van der Waals surface area contributed by atoms with Gasteiger partial charge in [0.2, 0.25) is 0 Å². The van der Waals surface area contributed by atoms with Crippen LogP contribution in [0.25, 0.3) is 0 Å². The summed E-state index contributed by atoms with van der Waals surface area (Å²) in [5.74, 6) is 0. The smallest absolute Gasteiger partial charge is 0.253 e. The van der Waals surface area contributed by atoms with Crippen LogP contribution >= 0.6 is 11.6 Å². The van der Waals surface area contributed by atoms with Gasteiger partial charge in [0.05, 0.1) is 4.90 Å². The minimum atomic E-state index is -3.55. The van der Waals surface area contributed by atoms with Crippen molar-refractivity contribution in [1.29, 1.82) is 0 Å². The molecule has 0 heterocycles. The van der Waals surface area contributed by atoms with Crippen molar-refractivity contribution in [2.75, 3.05) is 20.6 Å². The van der Waals surface area contributed by atoms with E-state index in [0.717, 1.165) is 12.1 Å². The molecule has 0 amide bonds. The van der Waals surface area contributed by atoms with Crippen molar-refractivity contribution in [3.63, 3.8) is 0 Å². The van der Waals surface area contributed by atoms with Gasteiger partial charge in [0.15, 0.2) is 0 Å². The minimum Gasteiger partial charge on any atom is -0.313 e. The minimum absolute atomic E-state index is 0.154. The van der Waals surface area contributed by atoms with Crippen molar-refractivity contribution in [1.82, 2.24) is 15.2 Å². The van der Waals surface area contributed by atoms with Gasteiger partial charge in [-0.25, -0.2) is 13.4 Å². The van der Waals surface area contributed by atoms with Crippen LogP contribution in [0.15, 0.2) is 23.1 Å². The van der Waals surface area contributed by atoms with E-state index in [2.05, 4.69) is 10.1 Å². The van der Waals surface area contributed by atoms with Gasteiger partial charge < -0.3 is 5.32 Å². The average Bonchev–Trinajstić information content (AvgIpc) is 2.25. The normalized spacial score (nSPS) is 12.1. The highest BCUT2D eigenvalue weighted by Crippen LogP contribution is 2.20. The van der Waals surface area contributed by atoms with E-state index >= 15 is 0 Å². The molecule has 5 nitrogen and oxygen atoms in total. The lowest BCUT2D eigenvalue weighted by Gasteiger charge is -2.13. The van der Waals surface area contributed by atoms with Gasteiger partial charge in [0.1, 0.15) is 0 Å². The second-order valence-electron chi connectivity index (χ2n) is 4.02. The van der Waals surface area contributed by atoms with E-state index in [4.69, 9.17) is 11.6 Å². The third-order valence-electron chi connectivity index (χ3n) is 2.20. The summed E-state index contributed by atoms with van der Waals surface area (Å²) in [4.78, 5) is 2.51. The van der Waals surface area contributed by atoms with Crippen LogP contribution in [0.5, 0.6) is 0 Å². The number of halogens is 1. The summed E-state index contributed by atoms with van der Waals surface area (Å²) in [6.07, 6.45) is 0. The van der Waals surface area contributed by atoms with Crippen LogP contribution < -0.4 is 10.1 Å². The molecular weight excluding hydrogens is 274 g/mol. The summed E-state index contributed by atoms with van der Waals surface area (Å²) in [6, 6.07) is 4.72. The Hall–Kier alpha value is -0.660. The number of nitrogens with zero attached hydrogens (tertiary/aromatic N) is 1. The van der Waals surface area contributed by atoms with Crippen molar-refractivity contribution in [3.8, 4) is 0 Å². The molecule has 0 bridgehead atoms. The molecular formula is C11H18ClN3O2S. The van der Waals surface area contributed by atoms with Crippen molar-refractivity contribution in [2.45, 2.75) is 18.4 Å². The zero-order chi connectivity index (χ0) is 13.8. The van der Waals surface area contributed by atoms with E-state index in [1.807, 2.05) is 6.92 Å². The molecule has 0 aliphatic carbocycles. The Morgan fingerprint density at radius 2 is 2.00 bits per heavy atom. The molecule has 1 aromatic rings. The monoisotopic (exact) mass is 291 g/mol. The largest absolute Gasteiger partial charge is 0.313 e. The van der Waals surface area contributed by atoms with Gasteiger partial charge in [0.25, 0.3) is 10.0 Å². The lowest BCUT2D eigenvalue weighted by atomic mass is 10.2. The van der Waals surface area contributed by atoms with Crippen molar-refractivity contribution in [2.24, 2.45) is 0 Å². The molecule has 1 aromatic carbocycles. The quantitative estimate of drug-likeness (QED) is 0.773. The van der Waals surface area contributed by atoms with Gasteiger partial charge in [-0.1, -0.05) is 24.6 Å². The first-order valence-electron chi connectivity index (χ1n) is 5.55. The molecule has 0 unspecified atom stereocenters. The number of nitrogens with one attached hydrogen (secondary N) is 2. The van der Waals surface area contributed by atoms with Crippen LogP contribution in [0, 0.1) is 0 Å². The molecule has 0 fully saturated rings. The summed E-state index contributed by atoms with van der Waals surface area (Å²) in [6.45, 7) is 3.45. The average molecular weight is 292 g/mol. The van der Waals surface area contributed by atoms with Crippen molar-refractivity contribution >= 4 is 21.6 Å². The van der Waals surface area contributed by atoms with E-state index < -0.39 is 10.0 Å². The lowest BCUT2D eigenvalue weighted by molar-refractivity contribution is 0.364. The molecule has 0 aromatic heterocycles. The Bertz CT molecular complexity index is 503. The summed E-state index contributed by atoms with van der Waals surface area (Å²) >= 11 is 6.06. The Morgan fingerprint density at radius 3 is 2.50 bits per heavy atom. The fraction of sp³-hybridized carbons (Fsp3) is 0.455. The third-order valence-corrected chi connectivity index (χ3v) is 4.03. The number of hydrogen-bond donors (Lipinski definition) is 2. The highest BCUT2D eigenvalue weighted by atomic mass is 35.5. The third kappa shape index (κ3) is 4.22. The molecule has 0 atom stereocenters. The van der Waals surface area contributed by atoms with Crippen LogP contribution in [-0.4, -0.2) is 34.1 Å². The standard InChI is InChI=1S/C11H18ClN3O2S/c1-4-13-8-9-5-6-10(7-11(9)12)18(16,17)14-15(2)3/h5-7,13-14H,4,8H2,1-3H3.